The van der Waals surface area contributed by atoms with Gasteiger partial charge in [-0.1, -0.05) is 13.3 Å². The van der Waals surface area contributed by atoms with Gasteiger partial charge < -0.3 is 15.2 Å². The van der Waals surface area contributed by atoms with Gasteiger partial charge in [-0.25, -0.2) is 9.18 Å². The Bertz CT molecular complexity index is 448. The highest BCUT2D eigenvalue weighted by atomic mass is 79.9. The zero-order valence-electron chi connectivity index (χ0n) is 10.9. The number of carbonyl (C=O) groups is 1. The van der Waals surface area contributed by atoms with E-state index in [0.29, 0.717) is 6.61 Å². The molecule has 0 aliphatic carbocycles. The first-order chi connectivity index (χ1) is 9.01. The predicted molar refractivity (Wildman–Crippen MR) is 75.3 cm³/mol. The van der Waals surface area contributed by atoms with Crippen LogP contribution in [-0.4, -0.2) is 30.8 Å². The average molecular weight is 334 g/mol. The highest BCUT2D eigenvalue weighted by Gasteiger charge is 2.17. The van der Waals surface area contributed by atoms with E-state index in [1.54, 1.807) is 7.11 Å². The van der Waals surface area contributed by atoms with Crippen molar-refractivity contribution < 1.29 is 19.0 Å². The van der Waals surface area contributed by atoms with Crippen molar-refractivity contribution in [2.24, 2.45) is 0 Å². The molecule has 0 radical (unpaired) electrons. The lowest BCUT2D eigenvalue weighted by molar-refractivity contribution is 0.0695. The summed E-state index contributed by atoms with van der Waals surface area (Å²) >= 11 is 2.97. The summed E-state index contributed by atoms with van der Waals surface area (Å²) in [6, 6.07) is 2.79. The lowest BCUT2D eigenvalue weighted by atomic mass is 10.1. The number of nitrogens with one attached hydrogen (secondary N) is 1. The molecule has 4 nitrogen and oxygen atoms in total. The van der Waals surface area contributed by atoms with Gasteiger partial charge in [0.05, 0.1) is 22.3 Å². The van der Waals surface area contributed by atoms with E-state index >= 15 is 0 Å². The van der Waals surface area contributed by atoms with E-state index in [-0.39, 0.29) is 21.8 Å². The Labute approximate surface area is 120 Å². The molecule has 0 aliphatic heterocycles. The summed E-state index contributed by atoms with van der Waals surface area (Å²) in [5.74, 6) is -1.77. The van der Waals surface area contributed by atoms with Crippen LogP contribution < -0.4 is 5.32 Å². The summed E-state index contributed by atoms with van der Waals surface area (Å²) in [5.41, 5.74) is 0.175. The number of benzene rings is 1. The molecule has 0 aliphatic rings. The quantitative estimate of drug-likeness (QED) is 0.801. The number of carboxylic acids is 1. The maximum absolute atomic E-state index is 14.0. The van der Waals surface area contributed by atoms with Crippen LogP contribution in [0.4, 0.5) is 10.1 Å². The number of methoxy groups -OCH3 is 1. The molecular weight excluding hydrogens is 317 g/mol. The molecule has 0 bridgehead atoms. The van der Waals surface area contributed by atoms with Gasteiger partial charge in [-0.3, -0.25) is 0 Å². The Morgan fingerprint density at radius 3 is 2.79 bits per heavy atom. The van der Waals surface area contributed by atoms with E-state index in [9.17, 15) is 9.18 Å². The van der Waals surface area contributed by atoms with E-state index in [0.717, 1.165) is 12.8 Å². The Morgan fingerprint density at radius 1 is 1.58 bits per heavy atom. The van der Waals surface area contributed by atoms with Gasteiger partial charge in [0.1, 0.15) is 0 Å². The third kappa shape index (κ3) is 4.18. The average Bonchev–Trinajstić information content (AvgIpc) is 2.35. The van der Waals surface area contributed by atoms with Crippen LogP contribution in [0.15, 0.2) is 16.6 Å². The second-order valence-corrected chi connectivity index (χ2v) is 4.97. The summed E-state index contributed by atoms with van der Waals surface area (Å²) in [7, 11) is 1.59. The summed E-state index contributed by atoms with van der Waals surface area (Å²) in [5, 5.41) is 11.9. The molecule has 1 aromatic carbocycles. The first-order valence-electron chi connectivity index (χ1n) is 5.98. The number of anilines is 1. The molecule has 1 atom stereocenters. The number of hydrogen-bond acceptors (Lipinski definition) is 3. The molecular formula is C13H17BrFNO3. The largest absolute Gasteiger partial charge is 0.478 e. The van der Waals surface area contributed by atoms with Crippen molar-refractivity contribution in [1.82, 2.24) is 0 Å². The second kappa shape index (κ2) is 7.45. The van der Waals surface area contributed by atoms with Crippen molar-refractivity contribution in [2.45, 2.75) is 25.8 Å². The van der Waals surface area contributed by atoms with Crippen LogP contribution in [-0.2, 0) is 4.74 Å². The molecule has 0 aromatic heterocycles. The lowest BCUT2D eigenvalue weighted by Gasteiger charge is -2.19. The summed E-state index contributed by atoms with van der Waals surface area (Å²) in [6.07, 6.45) is 1.78. The van der Waals surface area contributed by atoms with Crippen molar-refractivity contribution in [1.29, 1.82) is 0 Å². The van der Waals surface area contributed by atoms with Gasteiger partial charge in [0.25, 0.3) is 0 Å². The number of hydrogen-bond donors (Lipinski definition) is 2. The van der Waals surface area contributed by atoms with E-state index in [2.05, 4.69) is 21.2 Å². The molecule has 0 saturated carbocycles. The van der Waals surface area contributed by atoms with Gasteiger partial charge >= 0.3 is 5.97 Å². The van der Waals surface area contributed by atoms with Crippen LogP contribution >= 0.6 is 15.9 Å². The standard InChI is InChI=1S/C13H17BrFNO3/c1-3-4-8(7-19-2)16-10-6-5-9(13(17)18)11(14)12(10)15/h5-6,8,16H,3-4,7H2,1-2H3,(H,17,18). The third-order valence-corrected chi connectivity index (χ3v) is 3.45. The van der Waals surface area contributed by atoms with Gasteiger partial charge in [0.2, 0.25) is 0 Å². The Hall–Kier alpha value is -1.14. The molecule has 1 rings (SSSR count). The fourth-order valence-corrected chi connectivity index (χ4v) is 2.31. The van der Waals surface area contributed by atoms with Crippen LogP contribution in [0.5, 0.6) is 0 Å². The number of carboxylic acid groups (broad SMARTS) is 1. The maximum Gasteiger partial charge on any atom is 0.336 e. The van der Waals surface area contributed by atoms with Crippen LogP contribution in [0.1, 0.15) is 30.1 Å². The Morgan fingerprint density at radius 2 is 2.26 bits per heavy atom. The van der Waals surface area contributed by atoms with Crippen molar-refractivity contribution in [3.8, 4) is 0 Å². The number of aromatic carboxylic acids is 1. The first-order valence-corrected chi connectivity index (χ1v) is 6.77. The SMILES string of the molecule is CCCC(COC)Nc1ccc(C(=O)O)c(Br)c1F. The highest BCUT2D eigenvalue weighted by Crippen LogP contribution is 2.27. The Balaban J connectivity index is 2.95. The van der Waals surface area contributed by atoms with E-state index in [1.165, 1.54) is 12.1 Å². The molecule has 0 fully saturated rings. The van der Waals surface area contributed by atoms with Crippen molar-refractivity contribution >= 4 is 27.6 Å². The third-order valence-electron chi connectivity index (χ3n) is 2.68. The van der Waals surface area contributed by atoms with Gasteiger partial charge in [-0.05, 0) is 34.5 Å². The summed E-state index contributed by atoms with van der Waals surface area (Å²) in [4.78, 5) is 10.9. The van der Waals surface area contributed by atoms with Crippen LogP contribution in [0, 0.1) is 5.82 Å². The van der Waals surface area contributed by atoms with Crippen molar-refractivity contribution in [2.75, 3.05) is 19.0 Å². The fourth-order valence-electron chi connectivity index (χ4n) is 1.79. The molecule has 2 N–H and O–H groups in total. The van der Waals surface area contributed by atoms with Crippen molar-refractivity contribution in [3.63, 3.8) is 0 Å². The highest BCUT2D eigenvalue weighted by molar-refractivity contribution is 9.10. The van der Waals surface area contributed by atoms with Crippen LogP contribution in [0.2, 0.25) is 0 Å². The number of ether oxygens (including phenoxy) is 1. The zero-order valence-corrected chi connectivity index (χ0v) is 12.5. The molecule has 6 heteroatoms. The molecule has 106 valence electrons. The maximum atomic E-state index is 14.0. The van der Waals surface area contributed by atoms with E-state index < -0.39 is 11.8 Å². The topological polar surface area (TPSA) is 58.6 Å². The second-order valence-electron chi connectivity index (χ2n) is 4.18. The van der Waals surface area contributed by atoms with E-state index in [4.69, 9.17) is 9.84 Å². The van der Waals surface area contributed by atoms with Crippen molar-refractivity contribution in [3.05, 3.63) is 28.0 Å². The Kier molecular flexibility index (Phi) is 6.24. The predicted octanol–water partition coefficient (Wildman–Crippen LogP) is 3.51. The molecule has 0 saturated heterocycles. The lowest BCUT2D eigenvalue weighted by Crippen LogP contribution is -2.25. The molecule has 1 unspecified atom stereocenters. The smallest absolute Gasteiger partial charge is 0.336 e. The minimum Gasteiger partial charge on any atom is -0.478 e. The van der Waals surface area contributed by atoms with Crippen LogP contribution in [0.3, 0.4) is 0 Å². The monoisotopic (exact) mass is 333 g/mol. The molecule has 0 spiro atoms. The van der Waals surface area contributed by atoms with Gasteiger partial charge in [0, 0.05) is 13.2 Å². The van der Waals surface area contributed by atoms with Gasteiger partial charge in [0.15, 0.2) is 5.82 Å². The van der Waals surface area contributed by atoms with Crippen LogP contribution in [0.25, 0.3) is 0 Å². The zero-order chi connectivity index (χ0) is 14.4. The van der Waals surface area contributed by atoms with E-state index in [1.807, 2.05) is 6.92 Å². The first kappa shape index (κ1) is 15.9. The number of rotatable bonds is 7. The summed E-state index contributed by atoms with van der Waals surface area (Å²) < 4.78 is 19.1. The number of halogens is 2. The molecule has 1 aromatic rings. The minimum atomic E-state index is -1.17. The normalized spacial score (nSPS) is 12.2. The van der Waals surface area contributed by atoms with Gasteiger partial charge in [-0.2, -0.15) is 0 Å². The van der Waals surface area contributed by atoms with Gasteiger partial charge in [-0.15, -0.1) is 0 Å². The molecule has 0 amide bonds. The fraction of sp³-hybridized carbons (Fsp3) is 0.462. The summed E-state index contributed by atoms with van der Waals surface area (Å²) in [6.45, 7) is 2.50. The molecule has 0 heterocycles. The molecule has 19 heavy (non-hydrogen) atoms. The minimum absolute atomic E-state index is 0.00734.